The minimum absolute atomic E-state index is 0.153. The van der Waals surface area contributed by atoms with E-state index in [0.29, 0.717) is 22.0 Å². The summed E-state index contributed by atoms with van der Waals surface area (Å²) in [6, 6.07) is 20.1. The van der Waals surface area contributed by atoms with Gasteiger partial charge in [0.25, 0.3) is 5.91 Å². The van der Waals surface area contributed by atoms with Crippen LogP contribution in [0.2, 0.25) is 5.02 Å². The van der Waals surface area contributed by atoms with Crippen LogP contribution < -0.4 is 5.32 Å². The van der Waals surface area contributed by atoms with E-state index in [9.17, 15) is 9.59 Å². The second-order valence-electron chi connectivity index (χ2n) is 6.35. The number of halogens is 1. The summed E-state index contributed by atoms with van der Waals surface area (Å²) in [5.74, 6) is -1.31. The van der Waals surface area contributed by atoms with Crippen molar-refractivity contribution < 1.29 is 14.7 Å². The Hall–Kier alpha value is -3.44. The smallest absolute Gasteiger partial charge is 0.335 e. The molecule has 138 valence electrons. The Morgan fingerprint density at radius 1 is 1.00 bits per heavy atom. The fourth-order valence-corrected chi connectivity index (χ4v) is 3.31. The monoisotopic (exact) mass is 390 g/mol. The molecule has 0 aliphatic carbocycles. The van der Waals surface area contributed by atoms with Crippen LogP contribution in [-0.4, -0.2) is 22.7 Å². The molecule has 1 unspecified atom stereocenters. The zero-order valence-corrected chi connectivity index (χ0v) is 15.4. The summed E-state index contributed by atoms with van der Waals surface area (Å²) < 4.78 is 0. The van der Waals surface area contributed by atoms with Crippen molar-refractivity contribution in [3.8, 4) is 0 Å². The molecule has 1 aliphatic heterocycles. The number of carbonyl (C=O) groups is 2. The SMILES string of the molecule is O=C(O)c1ccc(C2N=C(c3ccccc3)c3cc(Cl)ccc3NC2=O)cc1. The lowest BCUT2D eigenvalue weighted by atomic mass is 10.0. The van der Waals surface area contributed by atoms with Gasteiger partial charge >= 0.3 is 5.97 Å². The molecular formula is C22H15ClN2O3. The zero-order chi connectivity index (χ0) is 19.7. The van der Waals surface area contributed by atoms with Gasteiger partial charge in [0.2, 0.25) is 0 Å². The minimum Gasteiger partial charge on any atom is -0.478 e. The van der Waals surface area contributed by atoms with E-state index in [0.717, 1.165) is 11.1 Å². The largest absolute Gasteiger partial charge is 0.478 e. The molecule has 4 rings (SSSR count). The number of aromatic carboxylic acids is 1. The first-order valence-corrected chi connectivity index (χ1v) is 8.98. The Bertz CT molecular complexity index is 1090. The molecule has 3 aromatic carbocycles. The van der Waals surface area contributed by atoms with Crippen LogP contribution in [0.5, 0.6) is 0 Å². The second-order valence-corrected chi connectivity index (χ2v) is 6.79. The van der Waals surface area contributed by atoms with Gasteiger partial charge in [-0.25, -0.2) is 4.79 Å². The van der Waals surface area contributed by atoms with E-state index in [1.165, 1.54) is 12.1 Å². The maximum atomic E-state index is 12.9. The predicted octanol–water partition coefficient (Wildman–Crippen LogP) is 4.57. The van der Waals surface area contributed by atoms with E-state index in [-0.39, 0.29) is 11.5 Å². The van der Waals surface area contributed by atoms with Gasteiger partial charge in [-0.1, -0.05) is 54.1 Å². The number of rotatable bonds is 3. The average molecular weight is 391 g/mol. The summed E-state index contributed by atoms with van der Waals surface area (Å²) in [4.78, 5) is 28.7. The van der Waals surface area contributed by atoms with Gasteiger partial charge in [-0.15, -0.1) is 0 Å². The highest BCUT2D eigenvalue weighted by atomic mass is 35.5. The van der Waals surface area contributed by atoms with Gasteiger partial charge in [-0.3, -0.25) is 9.79 Å². The summed E-state index contributed by atoms with van der Waals surface area (Å²) >= 11 is 6.20. The molecule has 1 amide bonds. The Labute approximate surface area is 166 Å². The molecule has 5 nitrogen and oxygen atoms in total. The molecule has 1 atom stereocenters. The van der Waals surface area contributed by atoms with Crippen LogP contribution >= 0.6 is 11.6 Å². The number of amides is 1. The molecule has 0 saturated heterocycles. The number of aliphatic imine (C=N–C) groups is 1. The van der Waals surface area contributed by atoms with Crippen molar-refractivity contribution in [2.45, 2.75) is 6.04 Å². The second kappa shape index (κ2) is 7.29. The summed E-state index contributed by atoms with van der Waals surface area (Å²) in [5, 5.41) is 12.5. The molecule has 0 spiro atoms. The van der Waals surface area contributed by atoms with Crippen molar-refractivity contribution >= 4 is 34.9 Å². The van der Waals surface area contributed by atoms with Gasteiger partial charge < -0.3 is 10.4 Å². The van der Waals surface area contributed by atoms with Gasteiger partial charge in [-0.05, 0) is 35.9 Å². The van der Waals surface area contributed by atoms with Crippen LogP contribution in [0, 0.1) is 0 Å². The van der Waals surface area contributed by atoms with Crippen LogP contribution in [0.4, 0.5) is 5.69 Å². The van der Waals surface area contributed by atoms with Crippen molar-refractivity contribution in [1.82, 2.24) is 0 Å². The van der Waals surface area contributed by atoms with Crippen LogP contribution in [-0.2, 0) is 4.79 Å². The number of hydrogen-bond acceptors (Lipinski definition) is 3. The highest BCUT2D eigenvalue weighted by Gasteiger charge is 2.27. The van der Waals surface area contributed by atoms with Crippen LogP contribution in [0.25, 0.3) is 0 Å². The Balaban J connectivity index is 1.87. The first kappa shape index (κ1) is 17.9. The number of benzodiazepines with no additional fused rings is 1. The van der Waals surface area contributed by atoms with Gasteiger partial charge in [0.15, 0.2) is 6.04 Å². The standard InChI is InChI=1S/C22H15ClN2O3/c23-16-10-11-18-17(12-16)19(13-4-2-1-3-5-13)25-20(21(26)24-18)14-6-8-15(9-7-14)22(27)28/h1-12,20H,(H,24,26)(H,27,28). The number of anilines is 1. The van der Waals surface area contributed by atoms with Gasteiger partial charge in [0.05, 0.1) is 17.0 Å². The molecule has 0 aromatic heterocycles. The number of fused-ring (bicyclic) bond motifs is 1. The zero-order valence-electron chi connectivity index (χ0n) is 14.6. The topological polar surface area (TPSA) is 78.8 Å². The molecule has 1 heterocycles. The molecule has 3 aromatic rings. The summed E-state index contributed by atoms with van der Waals surface area (Å²) in [6.45, 7) is 0. The number of carbonyl (C=O) groups excluding carboxylic acids is 1. The molecule has 0 radical (unpaired) electrons. The molecular weight excluding hydrogens is 376 g/mol. The molecule has 2 N–H and O–H groups in total. The van der Waals surface area contributed by atoms with E-state index in [1.54, 1.807) is 30.3 Å². The van der Waals surface area contributed by atoms with Crippen LogP contribution in [0.3, 0.4) is 0 Å². The highest BCUT2D eigenvalue weighted by molar-refractivity contribution is 6.32. The molecule has 0 fully saturated rings. The van der Waals surface area contributed by atoms with Crippen molar-refractivity contribution in [3.63, 3.8) is 0 Å². The third-order valence-corrected chi connectivity index (χ3v) is 4.76. The molecule has 0 saturated carbocycles. The third kappa shape index (κ3) is 3.40. The van der Waals surface area contributed by atoms with Crippen molar-refractivity contribution in [3.05, 3.63) is 100 Å². The first-order chi connectivity index (χ1) is 13.5. The quantitative estimate of drug-likeness (QED) is 0.687. The van der Waals surface area contributed by atoms with Crippen LogP contribution in [0.1, 0.15) is 33.1 Å². The lowest BCUT2D eigenvalue weighted by Crippen LogP contribution is -2.18. The molecule has 1 aliphatic rings. The van der Waals surface area contributed by atoms with Crippen molar-refractivity contribution in [2.24, 2.45) is 4.99 Å². The normalized spacial score (nSPS) is 15.8. The maximum absolute atomic E-state index is 12.9. The van der Waals surface area contributed by atoms with E-state index in [2.05, 4.69) is 5.32 Å². The van der Waals surface area contributed by atoms with Crippen LogP contribution in [0.15, 0.2) is 77.8 Å². The van der Waals surface area contributed by atoms with E-state index >= 15 is 0 Å². The minimum atomic E-state index is -1.02. The van der Waals surface area contributed by atoms with Crippen molar-refractivity contribution in [2.75, 3.05) is 5.32 Å². The number of carboxylic acids is 1. The maximum Gasteiger partial charge on any atom is 0.335 e. The average Bonchev–Trinajstić information content (AvgIpc) is 2.85. The number of benzene rings is 3. The Morgan fingerprint density at radius 2 is 1.71 bits per heavy atom. The summed E-state index contributed by atoms with van der Waals surface area (Å²) in [5.41, 5.74) is 3.62. The first-order valence-electron chi connectivity index (χ1n) is 8.60. The third-order valence-electron chi connectivity index (χ3n) is 4.52. The van der Waals surface area contributed by atoms with Gasteiger partial charge in [0.1, 0.15) is 0 Å². The number of nitrogens with zero attached hydrogens (tertiary/aromatic N) is 1. The molecule has 6 heteroatoms. The van der Waals surface area contributed by atoms with E-state index in [1.807, 2.05) is 30.3 Å². The molecule has 0 bridgehead atoms. The number of nitrogens with one attached hydrogen (secondary N) is 1. The van der Waals surface area contributed by atoms with E-state index in [4.69, 9.17) is 21.7 Å². The van der Waals surface area contributed by atoms with Gasteiger partial charge in [-0.2, -0.15) is 0 Å². The lowest BCUT2D eigenvalue weighted by Gasteiger charge is -2.12. The number of hydrogen-bond donors (Lipinski definition) is 2. The predicted molar refractivity (Wildman–Crippen MR) is 108 cm³/mol. The number of carboxylic acid groups (broad SMARTS) is 1. The van der Waals surface area contributed by atoms with Gasteiger partial charge in [0, 0.05) is 16.1 Å². The Kier molecular flexibility index (Phi) is 4.67. The Morgan fingerprint density at radius 3 is 2.39 bits per heavy atom. The highest BCUT2D eigenvalue weighted by Crippen LogP contribution is 2.31. The van der Waals surface area contributed by atoms with Crippen molar-refractivity contribution in [1.29, 1.82) is 0 Å². The fourth-order valence-electron chi connectivity index (χ4n) is 3.14. The fraction of sp³-hybridized carbons (Fsp3) is 0.0455. The van der Waals surface area contributed by atoms with E-state index < -0.39 is 12.0 Å². The molecule has 28 heavy (non-hydrogen) atoms. The lowest BCUT2D eigenvalue weighted by molar-refractivity contribution is -0.117. The summed E-state index contributed by atoms with van der Waals surface area (Å²) in [6.07, 6.45) is 0. The summed E-state index contributed by atoms with van der Waals surface area (Å²) in [7, 11) is 0.